The van der Waals surface area contributed by atoms with Crippen LogP contribution in [0.3, 0.4) is 0 Å². The van der Waals surface area contributed by atoms with Gasteiger partial charge in [0.2, 0.25) is 0 Å². The second kappa shape index (κ2) is 21.0. The molecule has 0 aromatic rings. The fraction of sp³-hybridized carbons (Fsp3) is 0.800. The molecule has 0 aromatic heterocycles. The minimum atomic E-state index is -5.88. The van der Waals surface area contributed by atoms with Crippen LogP contribution in [0.5, 0.6) is 0 Å². The largest absolute Gasteiger partial charge is 0.550 e. The van der Waals surface area contributed by atoms with Crippen LogP contribution in [0.25, 0.3) is 0 Å². The van der Waals surface area contributed by atoms with Crippen molar-refractivity contribution in [1.29, 1.82) is 0 Å². The van der Waals surface area contributed by atoms with E-state index in [1.165, 1.54) is 0 Å². The fourth-order valence-corrected chi connectivity index (χ4v) is 2.30. The maximum Gasteiger partial charge on any atom is 0.454 e. The molecule has 0 aliphatic heterocycles. The number of hydrogen-bond acceptors (Lipinski definition) is 8. The number of aliphatic hydroxyl groups is 2. The van der Waals surface area contributed by atoms with Gasteiger partial charge < -0.3 is 30.0 Å². The number of halogens is 10. The Morgan fingerprint density at radius 1 is 0.590 bits per heavy atom. The molecular formula is C20H28F10O8Ti-2. The summed E-state index contributed by atoms with van der Waals surface area (Å²) in [5, 5.41) is 35.0. The molecule has 0 aromatic carbocycles. The Kier molecular flexibility index (Phi) is 25.4. The van der Waals surface area contributed by atoms with Gasteiger partial charge in [0.25, 0.3) is 0 Å². The molecule has 0 saturated heterocycles. The Bertz CT molecular complexity index is 668. The Labute approximate surface area is 231 Å². The smallest absolute Gasteiger partial charge is 0.454 e. The van der Waals surface area contributed by atoms with E-state index in [0.717, 1.165) is 13.8 Å². The molecule has 19 heteroatoms. The first-order valence-electron chi connectivity index (χ1n) is 10.5. The minimum Gasteiger partial charge on any atom is -0.550 e. The summed E-state index contributed by atoms with van der Waals surface area (Å²) in [6.07, 6.45) is -16.3. The molecule has 0 rings (SSSR count). The molecule has 232 valence electrons. The second-order valence-corrected chi connectivity index (χ2v) is 6.83. The van der Waals surface area contributed by atoms with Crippen molar-refractivity contribution in [2.75, 3.05) is 13.2 Å². The summed E-state index contributed by atoms with van der Waals surface area (Å²) in [5.41, 5.74) is 0. The zero-order valence-corrected chi connectivity index (χ0v) is 22.6. The summed E-state index contributed by atoms with van der Waals surface area (Å²) in [4.78, 5) is 41.7. The standard InChI is InChI=1S/2C8H9F5O3.2C2H6O.Ti/c2*1-2-4(5(14)3-6(15)16)7(9,10)8(11,12)13;2*1-2-3;/h2*4H,2-3H2,1H3,(H,15,16);2*3H,2H2,1H3;/p-2. The van der Waals surface area contributed by atoms with Gasteiger partial charge >= 0.3 is 24.2 Å². The van der Waals surface area contributed by atoms with Crippen molar-refractivity contribution in [3.63, 3.8) is 0 Å². The van der Waals surface area contributed by atoms with E-state index >= 15 is 0 Å². The summed E-state index contributed by atoms with van der Waals surface area (Å²) < 4.78 is 122. The zero-order chi connectivity index (χ0) is 31.7. The van der Waals surface area contributed by atoms with Gasteiger partial charge in [-0.05, 0) is 26.7 Å². The van der Waals surface area contributed by atoms with Gasteiger partial charge in [-0.2, -0.15) is 43.9 Å². The van der Waals surface area contributed by atoms with Crippen LogP contribution in [0.2, 0.25) is 0 Å². The summed E-state index contributed by atoms with van der Waals surface area (Å²) in [6, 6.07) is 0. The number of hydrogen-bond donors (Lipinski definition) is 2. The van der Waals surface area contributed by atoms with Gasteiger partial charge in [0, 0.05) is 59.7 Å². The maximum absolute atomic E-state index is 12.7. The molecule has 2 unspecified atom stereocenters. The predicted octanol–water partition coefficient (Wildman–Crippen LogP) is 1.83. The number of ketones is 2. The number of carbonyl (C=O) groups excluding carboxylic acids is 4. The number of aliphatic hydroxyl groups excluding tert-OH is 2. The van der Waals surface area contributed by atoms with Crippen LogP contribution < -0.4 is 10.2 Å². The molecule has 0 heterocycles. The van der Waals surface area contributed by atoms with Crippen molar-refractivity contribution < 1.29 is 105 Å². The molecule has 2 atom stereocenters. The van der Waals surface area contributed by atoms with Crippen LogP contribution in [0.1, 0.15) is 53.4 Å². The van der Waals surface area contributed by atoms with Crippen molar-refractivity contribution in [3.8, 4) is 0 Å². The van der Waals surface area contributed by atoms with Gasteiger partial charge in [0.05, 0.1) is 11.8 Å². The van der Waals surface area contributed by atoms with Crippen molar-refractivity contribution in [3.05, 3.63) is 0 Å². The van der Waals surface area contributed by atoms with Crippen LogP contribution in [-0.4, -0.2) is 71.1 Å². The number of carboxylic acids is 2. The Hall–Kier alpha value is -1.79. The van der Waals surface area contributed by atoms with E-state index in [-0.39, 0.29) is 34.9 Å². The van der Waals surface area contributed by atoms with E-state index < -0.39 is 85.2 Å². The molecule has 0 aliphatic carbocycles. The summed E-state index contributed by atoms with van der Waals surface area (Å²) in [7, 11) is 0. The minimum absolute atomic E-state index is 0. The number of rotatable bonds is 10. The van der Waals surface area contributed by atoms with Crippen LogP contribution in [-0.2, 0) is 40.9 Å². The first kappa shape index (κ1) is 47.0. The average Bonchev–Trinajstić information content (AvgIpc) is 2.67. The molecule has 0 aliphatic rings. The van der Waals surface area contributed by atoms with Gasteiger partial charge in [0.15, 0.2) is 0 Å². The molecule has 0 spiro atoms. The van der Waals surface area contributed by atoms with Crippen molar-refractivity contribution in [1.82, 2.24) is 0 Å². The van der Waals surface area contributed by atoms with Gasteiger partial charge in [0.1, 0.15) is 11.6 Å². The summed E-state index contributed by atoms with van der Waals surface area (Å²) >= 11 is 0. The van der Waals surface area contributed by atoms with E-state index in [4.69, 9.17) is 10.2 Å². The maximum atomic E-state index is 12.7. The third kappa shape index (κ3) is 18.2. The third-order valence-electron chi connectivity index (χ3n) is 3.86. The fourth-order valence-electron chi connectivity index (χ4n) is 2.30. The first-order chi connectivity index (χ1) is 16.9. The van der Waals surface area contributed by atoms with Gasteiger partial charge in [-0.25, -0.2) is 0 Å². The molecule has 0 fully saturated rings. The van der Waals surface area contributed by atoms with E-state index in [1.54, 1.807) is 13.8 Å². The quantitative estimate of drug-likeness (QED) is 0.210. The normalized spacial score (nSPS) is 12.9. The van der Waals surface area contributed by atoms with Crippen LogP contribution in [0.15, 0.2) is 0 Å². The number of Topliss-reactive ketones (excluding diaryl/α,β-unsaturated/α-hetero) is 2. The van der Waals surface area contributed by atoms with Crippen molar-refractivity contribution in [2.45, 2.75) is 77.6 Å². The van der Waals surface area contributed by atoms with Crippen LogP contribution in [0, 0.1) is 11.8 Å². The summed E-state index contributed by atoms with van der Waals surface area (Å²) in [5.74, 6) is -23.2. The van der Waals surface area contributed by atoms with E-state index in [2.05, 4.69) is 0 Å². The second-order valence-electron chi connectivity index (χ2n) is 6.83. The Balaban J connectivity index is -0.000000160. The van der Waals surface area contributed by atoms with Gasteiger partial charge in [-0.3, -0.25) is 9.59 Å². The van der Waals surface area contributed by atoms with E-state index in [0.29, 0.717) is 0 Å². The number of carbonyl (C=O) groups is 4. The van der Waals surface area contributed by atoms with Crippen molar-refractivity contribution >= 4 is 23.5 Å². The molecule has 8 nitrogen and oxygen atoms in total. The molecule has 39 heavy (non-hydrogen) atoms. The Morgan fingerprint density at radius 2 is 0.769 bits per heavy atom. The monoisotopic (exact) mass is 634 g/mol. The van der Waals surface area contributed by atoms with E-state index in [1.807, 2.05) is 0 Å². The molecule has 0 amide bonds. The molecule has 0 radical (unpaired) electrons. The molecule has 0 bridgehead atoms. The SMILES string of the molecule is CCC(C(=O)CC(=O)[O-])C(F)(F)C(F)(F)F.CCC(C(=O)CC(=O)[O-])C(F)(F)C(F)(F)F.CCO.CCO.[Ti]. The molecule has 2 N–H and O–H groups in total. The predicted molar refractivity (Wildman–Crippen MR) is 104 cm³/mol. The average molecular weight is 634 g/mol. The summed E-state index contributed by atoms with van der Waals surface area (Å²) in [6.45, 7) is 5.75. The Morgan fingerprint density at radius 3 is 0.872 bits per heavy atom. The topological polar surface area (TPSA) is 155 Å². The van der Waals surface area contributed by atoms with Crippen LogP contribution >= 0.6 is 0 Å². The zero-order valence-electron chi connectivity index (χ0n) is 21.0. The number of aliphatic carboxylic acids is 2. The number of carboxylic acid groups (broad SMARTS) is 2. The third-order valence-corrected chi connectivity index (χ3v) is 3.86. The van der Waals surface area contributed by atoms with Gasteiger partial charge in [-0.15, -0.1) is 0 Å². The van der Waals surface area contributed by atoms with Gasteiger partial charge in [-0.1, -0.05) is 13.8 Å². The van der Waals surface area contributed by atoms with Crippen molar-refractivity contribution in [2.24, 2.45) is 11.8 Å². The first-order valence-corrected chi connectivity index (χ1v) is 10.5. The van der Waals surface area contributed by atoms with Crippen LogP contribution in [0.4, 0.5) is 43.9 Å². The van der Waals surface area contributed by atoms with E-state index in [9.17, 15) is 73.3 Å². The number of alkyl halides is 10. The molecular weight excluding hydrogens is 606 g/mol. The molecule has 0 saturated carbocycles.